The third-order valence-corrected chi connectivity index (χ3v) is 6.74. The van der Waals surface area contributed by atoms with E-state index in [9.17, 15) is 31.7 Å². The van der Waals surface area contributed by atoms with Crippen LogP contribution in [0.5, 0.6) is 0 Å². The van der Waals surface area contributed by atoms with Gasteiger partial charge >= 0.3 is 6.18 Å². The van der Waals surface area contributed by atoms with Crippen LogP contribution in [0.4, 0.5) is 13.2 Å². The highest BCUT2D eigenvalue weighted by Crippen LogP contribution is 2.35. The molecule has 13 heteroatoms. The zero-order valence-corrected chi connectivity index (χ0v) is 18.8. The molecule has 0 radical (unpaired) electrons. The number of benzene rings is 1. The van der Waals surface area contributed by atoms with Gasteiger partial charge in [-0.15, -0.1) is 10.1 Å². The molecule has 0 atom stereocenters. The second-order valence-corrected chi connectivity index (χ2v) is 10.0. The predicted molar refractivity (Wildman–Crippen MR) is 112 cm³/mol. The lowest BCUT2D eigenvalue weighted by Gasteiger charge is -2.32. The number of alkyl halides is 3. The highest BCUT2D eigenvalue weighted by Gasteiger charge is 2.36. The van der Waals surface area contributed by atoms with Crippen molar-refractivity contribution in [3.63, 3.8) is 0 Å². The second-order valence-electron chi connectivity index (χ2n) is 8.01. The molecule has 0 unspecified atom stereocenters. The molecule has 0 saturated carbocycles. The molecule has 0 aliphatic carbocycles. The van der Waals surface area contributed by atoms with Crippen LogP contribution in [0.25, 0.3) is 5.69 Å². The van der Waals surface area contributed by atoms with Gasteiger partial charge in [-0.25, -0.2) is 13.1 Å². The monoisotopic (exact) mass is 490 g/mol. The average Bonchev–Trinajstić information content (AvgIpc) is 3.19. The number of aromatic nitrogens is 2. The van der Waals surface area contributed by atoms with Crippen molar-refractivity contribution in [1.82, 2.24) is 14.7 Å². The van der Waals surface area contributed by atoms with Crippen molar-refractivity contribution >= 4 is 9.84 Å². The first-order valence-corrected chi connectivity index (χ1v) is 12.3. The van der Waals surface area contributed by atoms with Gasteiger partial charge < -0.3 is 9.74 Å². The summed E-state index contributed by atoms with van der Waals surface area (Å²) in [5.74, 6) is -0.141. The summed E-state index contributed by atoms with van der Waals surface area (Å²) in [6, 6.07) is 6.69. The van der Waals surface area contributed by atoms with Crippen molar-refractivity contribution in [1.29, 1.82) is 0 Å². The molecule has 1 aliphatic rings. The molecule has 0 bridgehead atoms. The fourth-order valence-electron chi connectivity index (χ4n) is 3.90. The molecule has 0 spiro atoms. The number of halogens is 3. The Bertz CT molecular complexity index is 1060. The van der Waals surface area contributed by atoms with Crippen LogP contribution in [-0.4, -0.2) is 60.7 Å². The Morgan fingerprint density at radius 2 is 1.82 bits per heavy atom. The molecule has 33 heavy (non-hydrogen) atoms. The maximum Gasteiger partial charge on any atom is 0.435 e. The van der Waals surface area contributed by atoms with Crippen LogP contribution in [0, 0.1) is 10.1 Å². The summed E-state index contributed by atoms with van der Waals surface area (Å²) in [4.78, 5) is 16.7. The predicted octanol–water partition coefficient (Wildman–Crippen LogP) is 3.46. The topological polar surface area (TPSA) is 108 Å². The molecule has 1 aliphatic heterocycles. The summed E-state index contributed by atoms with van der Waals surface area (Å²) >= 11 is 0. The molecule has 0 N–H and O–H groups in total. The fraction of sp³-hybridized carbons (Fsp3) is 0.550. The van der Waals surface area contributed by atoms with E-state index in [4.69, 9.17) is 0 Å². The first-order valence-electron chi connectivity index (χ1n) is 10.4. The van der Waals surface area contributed by atoms with E-state index in [1.54, 1.807) is 0 Å². The number of nitrogens with zero attached hydrogens (tertiary/aromatic N) is 4. The van der Waals surface area contributed by atoms with E-state index in [2.05, 4.69) is 14.8 Å². The molecule has 1 fully saturated rings. The molecule has 3 rings (SSSR count). The van der Waals surface area contributed by atoms with Gasteiger partial charge in [0, 0.05) is 17.9 Å². The minimum absolute atomic E-state index is 0.0426. The first kappa shape index (κ1) is 25.0. The Balaban J connectivity index is 1.71. The Hall–Kier alpha value is -2.67. The third-order valence-electron chi connectivity index (χ3n) is 5.61. The van der Waals surface area contributed by atoms with Gasteiger partial charge in [0.15, 0.2) is 15.5 Å². The van der Waals surface area contributed by atoms with Crippen LogP contribution in [-0.2, 0) is 20.9 Å². The SMILES string of the molecule is CS(=O)(=O)c1ccc(-n2nc(C(F)(F)F)cc2C2CCN(CCCCO[N+](=O)[O-])CC2)cc1. The van der Waals surface area contributed by atoms with Crippen LogP contribution < -0.4 is 0 Å². The van der Waals surface area contributed by atoms with Crippen LogP contribution in [0.1, 0.15) is 43.0 Å². The molecule has 2 heterocycles. The molecular weight excluding hydrogens is 465 g/mol. The molecule has 0 amide bonds. The van der Waals surface area contributed by atoms with Crippen molar-refractivity contribution in [2.24, 2.45) is 0 Å². The lowest BCUT2D eigenvalue weighted by atomic mass is 9.93. The van der Waals surface area contributed by atoms with Gasteiger partial charge in [0.2, 0.25) is 0 Å². The summed E-state index contributed by atoms with van der Waals surface area (Å²) < 4.78 is 64.8. The summed E-state index contributed by atoms with van der Waals surface area (Å²) in [5.41, 5.74) is -0.188. The lowest BCUT2D eigenvalue weighted by Crippen LogP contribution is -2.34. The normalized spacial score (nSPS) is 16.1. The number of sulfone groups is 1. The quantitative estimate of drug-likeness (QED) is 0.301. The lowest BCUT2D eigenvalue weighted by molar-refractivity contribution is -0.757. The molecular formula is C20H25F3N4O5S. The minimum Gasteiger partial charge on any atom is -0.314 e. The van der Waals surface area contributed by atoms with Gasteiger partial charge in [-0.1, -0.05) is 0 Å². The number of piperidine rings is 1. The maximum absolute atomic E-state index is 13.4. The zero-order chi connectivity index (χ0) is 24.2. The number of likely N-dealkylation sites (tertiary alicyclic amines) is 1. The zero-order valence-electron chi connectivity index (χ0n) is 18.0. The van der Waals surface area contributed by atoms with E-state index in [0.717, 1.165) is 25.3 Å². The van der Waals surface area contributed by atoms with Crippen LogP contribution in [0.2, 0.25) is 0 Å². The number of unbranched alkanes of at least 4 members (excludes halogenated alkanes) is 1. The Morgan fingerprint density at radius 3 is 2.36 bits per heavy atom. The number of hydrogen-bond acceptors (Lipinski definition) is 7. The van der Waals surface area contributed by atoms with Gasteiger partial charge in [-0.05, 0) is 75.6 Å². The molecule has 1 aromatic heterocycles. The van der Waals surface area contributed by atoms with Crippen molar-refractivity contribution in [3.8, 4) is 5.69 Å². The van der Waals surface area contributed by atoms with E-state index >= 15 is 0 Å². The average molecular weight is 491 g/mol. The number of hydrogen-bond donors (Lipinski definition) is 0. The summed E-state index contributed by atoms with van der Waals surface area (Å²) in [7, 11) is -3.43. The molecule has 9 nitrogen and oxygen atoms in total. The van der Waals surface area contributed by atoms with Crippen molar-refractivity contribution in [2.75, 3.05) is 32.5 Å². The van der Waals surface area contributed by atoms with E-state index in [1.165, 1.54) is 28.9 Å². The van der Waals surface area contributed by atoms with Gasteiger partial charge in [-0.2, -0.15) is 18.3 Å². The van der Waals surface area contributed by atoms with Gasteiger partial charge in [-0.3, -0.25) is 0 Å². The largest absolute Gasteiger partial charge is 0.435 e. The van der Waals surface area contributed by atoms with E-state index in [1.807, 2.05) is 0 Å². The van der Waals surface area contributed by atoms with Crippen molar-refractivity contribution < 1.29 is 31.5 Å². The van der Waals surface area contributed by atoms with Crippen LogP contribution in [0.15, 0.2) is 35.2 Å². The van der Waals surface area contributed by atoms with E-state index in [0.29, 0.717) is 43.7 Å². The summed E-state index contributed by atoms with van der Waals surface area (Å²) in [6.45, 7) is 2.13. The Labute approximate surface area is 189 Å². The summed E-state index contributed by atoms with van der Waals surface area (Å²) in [5, 5.41) is 13.1. The van der Waals surface area contributed by atoms with Crippen LogP contribution >= 0.6 is 0 Å². The maximum atomic E-state index is 13.4. The fourth-order valence-corrected chi connectivity index (χ4v) is 4.53. The van der Waals surface area contributed by atoms with Crippen molar-refractivity contribution in [2.45, 2.75) is 42.7 Å². The first-order chi connectivity index (χ1) is 15.4. The van der Waals surface area contributed by atoms with Gasteiger partial charge in [0.05, 0.1) is 17.2 Å². The number of rotatable bonds is 9. The third kappa shape index (κ3) is 6.67. The molecule has 182 valence electrons. The second kappa shape index (κ2) is 10.1. The highest BCUT2D eigenvalue weighted by molar-refractivity contribution is 7.90. The molecule has 1 aromatic carbocycles. The van der Waals surface area contributed by atoms with E-state index in [-0.39, 0.29) is 17.4 Å². The molecule has 1 saturated heterocycles. The van der Waals surface area contributed by atoms with Gasteiger partial charge in [0.1, 0.15) is 0 Å². The smallest absolute Gasteiger partial charge is 0.314 e. The standard InChI is InChI=1S/C20H25F3N4O5S/c1-33(30,31)17-6-4-16(5-7-17)26-18(14-19(24-26)20(21,22)23)15-8-11-25(12-9-15)10-2-3-13-32-27(28)29/h4-7,14-15H,2-3,8-13H2,1H3. The Morgan fingerprint density at radius 1 is 1.18 bits per heavy atom. The highest BCUT2D eigenvalue weighted by atomic mass is 32.2. The summed E-state index contributed by atoms with van der Waals surface area (Å²) in [6.07, 6.45) is -0.996. The van der Waals surface area contributed by atoms with Crippen LogP contribution in [0.3, 0.4) is 0 Å². The Kier molecular flexibility index (Phi) is 7.62. The molecule has 2 aromatic rings. The minimum atomic E-state index is -4.60. The van der Waals surface area contributed by atoms with Gasteiger partial charge in [0.25, 0.3) is 5.09 Å². The van der Waals surface area contributed by atoms with Crippen molar-refractivity contribution in [3.05, 3.63) is 51.8 Å². The van der Waals surface area contributed by atoms with E-state index < -0.39 is 26.8 Å².